The summed E-state index contributed by atoms with van der Waals surface area (Å²) in [6, 6.07) is 12.2. The van der Waals surface area contributed by atoms with Gasteiger partial charge in [0.05, 0.1) is 0 Å². The number of benzene rings is 1. The molecule has 5 heteroatoms. The second-order valence-corrected chi connectivity index (χ2v) is 5.81. The minimum Gasteiger partial charge on any atom is -0.346 e. The molecule has 1 aromatic carbocycles. The number of aromatic nitrogens is 1. The van der Waals surface area contributed by atoms with Gasteiger partial charge in [0.25, 0.3) is 11.8 Å². The molecule has 1 heterocycles. The zero-order chi connectivity index (χ0) is 15.5. The first kappa shape index (κ1) is 14.8. The normalized spacial score (nSPS) is 11.0. The first-order valence-electron chi connectivity index (χ1n) is 6.73. The second-order valence-electron chi connectivity index (χ2n) is 5.81. The zero-order valence-corrected chi connectivity index (χ0v) is 12.4. The molecule has 0 unspecified atom stereocenters. The summed E-state index contributed by atoms with van der Waals surface area (Å²) in [7, 11) is 0. The van der Waals surface area contributed by atoms with Crippen molar-refractivity contribution in [2.45, 2.75) is 26.3 Å². The van der Waals surface area contributed by atoms with Crippen LogP contribution in [0.2, 0.25) is 0 Å². The average Bonchev–Trinajstić information content (AvgIpc) is 2.86. The fraction of sp³-hybridized carbons (Fsp3) is 0.250. The predicted octanol–water partition coefficient (Wildman–Crippen LogP) is 2.80. The van der Waals surface area contributed by atoms with E-state index in [0.717, 1.165) is 0 Å². The Morgan fingerprint density at radius 3 is 2.24 bits per heavy atom. The van der Waals surface area contributed by atoms with E-state index in [9.17, 15) is 9.59 Å². The molecule has 2 aromatic rings. The number of nitrogens with one attached hydrogen (secondary N) is 3. The predicted molar refractivity (Wildman–Crippen MR) is 82.4 cm³/mol. The summed E-state index contributed by atoms with van der Waals surface area (Å²) in [6.07, 6.45) is 0. The lowest BCUT2D eigenvalue weighted by atomic mass is 10.1. The van der Waals surface area contributed by atoms with Crippen molar-refractivity contribution in [2.75, 3.05) is 5.32 Å². The summed E-state index contributed by atoms with van der Waals surface area (Å²) in [5.41, 5.74) is 0.663. The molecule has 2 amide bonds. The Morgan fingerprint density at radius 1 is 0.952 bits per heavy atom. The van der Waals surface area contributed by atoms with Gasteiger partial charge >= 0.3 is 0 Å². The van der Waals surface area contributed by atoms with Crippen molar-refractivity contribution in [3.63, 3.8) is 0 Å². The number of carbonyl (C=O) groups is 2. The Kier molecular flexibility index (Phi) is 4.12. The van der Waals surface area contributed by atoms with Crippen molar-refractivity contribution in [3.8, 4) is 0 Å². The summed E-state index contributed by atoms with van der Waals surface area (Å²) in [6.45, 7) is 5.73. The van der Waals surface area contributed by atoms with Crippen molar-refractivity contribution in [2.24, 2.45) is 0 Å². The second kappa shape index (κ2) is 5.83. The number of anilines is 1. The fourth-order valence-corrected chi connectivity index (χ4v) is 1.79. The van der Waals surface area contributed by atoms with Crippen molar-refractivity contribution in [1.29, 1.82) is 0 Å². The first-order chi connectivity index (χ1) is 9.85. The Hall–Kier alpha value is -2.56. The Morgan fingerprint density at radius 2 is 1.62 bits per heavy atom. The molecule has 0 aliphatic heterocycles. The number of carbonyl (C=O) groups excluding carboxylic acids is 2. The highest BCUT2D eigenvalue weighted by molar-refractivity contribution is 6.04. The number of hydrogen-bond acceptors (Lipinski definition) is 2. The van der Waals surface area contributed by atoms with E-state index in [4.69, 9.17) is 0 Å². The van der Waals surface area contributed by atoms with E-state index in [1.807, 2.05) is 26.8 Å². The maximum Gasteiger partial charge on any atom is 0.268 e. The minimum absolute atomic E-state index is 0.206. The van der Waals surface area contributed by atoms with Gasteiger partial charge in [-0.15, -0.1) is 0 Å². The third-order valence-electron chi connectivity index (χ3n) is 2.70. The van der Waals surface area contributed by atoms with Crippen LogP contribution in [0.15, 0.2) is 42.5 Å². The number of aromatic amines is 1. The van der Waals surface area contributed by atoms with Crippen molar-refractivity contribution in [1.82, 2.24) is 10.3 Å². The van der Waals surface area contributed by atoms with E-state index >= 15 is 0 Å². The number of rotatable bonds is 3. The van der Waals surface area contributed by atoms with Gasteiger partial charge < -0.3 is 15.6 Å². The molecule has 0 atom stereocenters. The van der Waals surface area contributed by atoms with Crippen LogP contribution in [0.1, 0.15) is 41.6 Å². The van der Waals surface area contributed by atoms with Crippen molar-refractivity contribution in [3.05, 3.63) is 53.7 Å². The van der Waals surface area contributed by atoms with E-state index in [1.54, 1.807) is 36.4 Å². The summed E-state index contributed by atoms with van der Waals surface area (Å²) in [5, 5.41) is 5.57. The lowest BCUT2D eigenvalue weighted by Crippen LogP contribution is -2.40. The van der Waals surface area contributed by atoms with E-state index in [-0.39, 0.29) is 17.4 Å². The van der Waals surface area contributed by atoms with E-state index in [2.05, 4.69) is 15.6 Å². The van der Waals surface area contributed by atoms with Gasteiger partial charge in [0, 0.05) is 11.1 Å². The lowest BCUT2D eigenvalue weighted by molar-refractivity contribution is 0.0914. The molecule has 3 N–H and O–H groups in total. The highest BCUT2D eigenvalue weighted by Crippen LogP contribution is 2.11. The molecular formula is C16H19N3O2. The molecule has 0 fully saturated rings. The van der Waals surface area contributed by atoms with Gasteiger partial charge in [-0.3, -0.25) is 9.59 Å². The summed E-state index contributed by atoms with van der Waals surface area (Å²) in [5.74, 6) is 0.0610. The van der Waals surface area contributed by atoms with Crippen LogP contribution >= 0.6 is 0 Å². The van der Waals surface area contributed by atoms with Crippen molar-refractivity contribution < 1.29 is 9.59 Å². The zero-order valence-electron chi connectivity index (χ0n) is 12.4. The number of amides is 2. The number of hydrogen-bond donors (Lipinski definition) is 3. The third kappa shape index (κ3) is 4.21. The van der Waals surface area contributed by atoms with Crippen LogP contribution in [0.5, 0.6) is 0 Å². The highest BCUT2D eigenvalue weighted by Gasteiger charge is 2.17. The van der Waals surface area contributed by atoms with E-state index < -0.39 is 0 Å². The maximum atomic E-state index is 12.0. The molecule has 5 nitrogen and oxygen atoms in total. The van der Waals surface area contributed by atoms with Crippen LogP contribution in [0, 0.1) is 0 Å². The molecule has 2 rings (SSSR count). The maximum absolute atomic E-state index is 12.0. The van der Waals surface area contributed by atoms with Crippen molar-refractivity contribution >= 4 is 17.6 Å². The quantitative estimate of drug-likeness (QED) is 0.811. The molecule has 0 saturated heterocycles. The van der Waals surface area contributed by atoms with Crippen LogP contribution in [0.4, 0.5) is 5.82 Å². The van der Waals surface area contributed by atoms with Crippen LogP contribution < -0.4 is 10.6 Å². The summed E-state index contributed by atoms with van der Waals surface area (Å²) in [4.78, 5) is 26.9. The molecule has 0 radical (unpaired) electrons. The van der Waals surface area contributed by atoms with Gasteiger partial charge in [0.15, 0.2) is 0 Å². The van der Waals surface area contributed by atoms with Gasteiger partial charge in [0.2, 0.25) is 0 Å². The molecule has 0 saturated carbocycles. The molecule has 1 aromatic heterocycles. The minimum atomic E-state index is -0.310. The first-order valence-corrected chi connectivity index (χ1v) is 6.73. The Balaban J connectivity index is 2.04. The van der Waals surface area contributed by atoms with Gasteiger partial charge in [-0.1, -0.05) is 18.2 Å². The molecule has 0 spiro atoms. The van der Waals surface area contributed by atoms with Crippen LogP contribution in [0.3, 0.4) is 0 Å². The number of H-pyrrole nitrogens is 1. The van der Waals surface area contributed by atoms with Crippen LogP contribution in [-0.4, -0.2) is 22.3 Å². The SMILES string of the molecule is CC(C)(C)NC(=O)c1ccc(NC(=O)c2ccccc2)[nH]1. The molecule has 0 bridgehead atoms. The van der Waals surface area contributed by atoms with E-state index in [0.29, 0.717) is 17.1 Å². The van der Waals surface area contributed by atoms with Crippen LogP contribution in [-0.2, 0) is 0 Å². The fourth-order valence-electron chi connectivity index (χ4n) is 1.79. The molecule has 21 heavy (non-hydrogen) atoms. The molecular weight excluding hydrogens is 266 g/mol. The monoisotopic (exact) mass is 285 g/mol. The molecule has 0 aliphatic carbocycles. The third-order valence-corrected chi connectivity index (χ3v) is 2.70. The average molecular weight is 285 g/mol. The summed E-state index contributed by atoms with van der Waals surface area (Å²) < 4.78 is 0. The van der Waals surface area contributed by atoms with Gasteiger partial charge in [0.1, 0.15) is 11.5 Å². The van der Waals surface area contributed by atoms with Gasteiger partial charge in [-0.05, 0) is 45.0 Å². The molecule has 110 valence electrons. The van der Waals surface area contributed by atoms with Gasteiger partial charge in [-0.2, -0.15) is 0 Å². The molecule has 0 aliphatic rings. The van der Waals surface area contributed by atoms with Gasteiger partial charge in [-0.25, -0.2) is 0 Å². The van der Waals surface area contributed by atoms with Crippen LogP contribution in [0.25, 0.3) is 0 Å². The largest absolute Gasteiger partial charge is 0.346 e. The smallest absolute Gasteiger partial charge is 0.268 e. The standard InChI is InChI=1S/C16H19N3O2/c1-16(2,3)19-15(21)12-9-10-13(17-12)18-14(20)11-7-5-4-6-8-11/h4-10,17H,1-3H3,(H,18,20)(H,19,21). The Labute approximate surface area is 123 Å². The van der Waals surface area contributed by atoms with E-state index in [1.165, 1.54) is 0 Å². The lowest BCUT2D eigenvalue weighted by Gasteiger charge is -2.19. The summed E-state index contributed by atoms with van der Waals surface area (Å²) >= 11 is 0. The topological polar surface area (TPSA) is 74.0 Å². The Bertz CT molecular complexity index is 639. The highest BCUT2D eigenvalue weighted by atomic mass is 16.2.